The van der Waals surface area contributed by atoms with E-state index in [1.54, 1.807) is 0 Å². The Bertz CT molecular complexity index is 1200. The average Bonchev–Trinajstić information content (AvgIpc) is 3.33. The Morgan fingerprint density at radius 3 is 2.03 bits per heavy atom. The van der Waals surface area contributed by atoms with Crippen molar-refractivity contribution in [1.82, 2.24) is 34.2 Å². The monoisotopic (exact) mass is 565 g/mol. The largest absolute Gasteiger partial charge is 0.490 e. The number of carboxylic acid groups (broad SMARTS) is 2. The molecule has 0 saturated carbocycles. The number of pyridine rings is 1. The van der Waals surface area contributed by atoms with Gasteiger partial charge in [0.15, 0.2) is 0 Å². The summed E-state index contributed by atoms with van der Waals surface area (Å²) in [5, 5.41) is 18.8. The van der Waals surface area contributed by atoms with Crippen LogP contribution >= 0.6 is 0 Å². The molecule has 1 aliphatic heterocycles. The third kappa shape index (κ3) is 10.3. The highest BCUT2D eigenvalue weighted by Gasteiger charge is 2.38. The fourth-order valence-electron chi connectivity index (χ4n) is 3.58. The Balaban J connectivity index is 0.000000317. The lowest BCUT2D eigenvalue weighted by Gasteiger charge is -2.24. The van der Waals surface area contributed by atoms with Crippen molar-refractivity contribution in [2.24, 2.45) is 5.92 Å². The van der Waals surface area contributed by atoms with Gasteiger partial charge in [-0.05, 0) is 31.5 Å². The fourth-order valence-corrected chi connectivity index (χ4v) is 3.58. The van der Waals surface area contributed by atoms with Gasteiger partial charge in [0.2, 0.25) is 0 Å². The standard InChI is InChI=1S/C18H23N7.2C2HF3O2/c1-14-21-15(2)25(22-14)12-17-10-23(9-16-3-5-19-6-4-16)13-18-20-7-8-24(18)11-17;2*3-2(4,5)1(6)7/h3-8,17H,9-13H2,1-2H3;2*(H,6,7). The summed E-state index contributed by atoms with van der Waals surface area (Å²) in [6.07, 6.45) is -2.48. The number of fused-ring (bicyclic) bond motifs is 1. The highest BCUT2D eigenvalue weighted by atomic mass is 19.4. The van der Waals surface area contributed by atoms with Crippen molar-refractivity contribution in [3.8, 4) is 0 Å². The summed E-state index contributed by atoms with van der Waals surface area (Å²) in [5.74, 6) is -2.11. The lowest BCUT2D eigenvalue weighted by atomic mass is 10.1. The van der Waals surface area contributed by atoms with Crippen LogP contribution in [0.25, 0.3) is 0 Å². The van der Waals surface area contributed by atoms with E-state index in [-0.39, 0.29) is 0 Å². The van der Waals surface area contributed by atoms with Gasteiger partial charge in [0.1, 0.15) is 17.5 Å². The van der Waals surface area contributed by atoms with Gasteiger partial charge < -0.3 is 14.8 Å². The van der Waals surface area contributed by atoms with Gasteiger partial charge in [-0.1, -0.05) is 0 Å². The molecule has 0 bridgehead atoms. The third-order valence-electron chi connectivity index (χ3n) is 5.17. The van der Waals surface area contributed by atoms with Crippen molar-refractivity contribution >= 4 is 11.9 Å². The second-order valence-corrected chi connectivity index (χ2v) is 8.38. The molecule has 0 saturated heterocycles. The van der Waals surface area contributed by atoms with E-state index in [1.165, 1.54) is 5.56 Å². The first-order chi connectivity index (χ1) is 18.1. The molecule has 17 heteroatoms. The van der Waals surface area contributed by atoms with Gasteiger partial charge in [-0.15, -0.1) is 0 Å². The number of carboxylic acids is 2. The van der Waals surface area contributed by atoms with Crippen molar-refractivity contribution in [2.45, 2.75) is 52.4 Å². The normalized spacial score (nSPS) is 15.6. The van der Waals surface area contributed by atoms with E-state index in [2.05, 4.69) is 47.8 Å². The van der Waals surface area contributed by atoms with Gasteiger partial charge in [0.05, 0.1) is 6.54 Å². The molecule has 1 atom stereocenters. The van der Waals surface area contributed by atoms with E-state index < -0.39 is 24.3 Å². The Morgan fingerprint density at radius 1 is 0.974 bits per heavy atom. The van der Waals surface area contributed by atoms with Crippen LogP contribution in [0, 0.1) is 19.8 Å². The number of hydrogen-bond donors (Lipinski definition) is 2. The molecule has 0 spiro atoms. The maximum absolute atomic E-state index is 10.6. The van der Waals surface area contributed by atoms with E-state index in [0.29, 0.717) is 5.92 Å². The Hall–Kier alpha value is -4.02. The quantitative estimate of drug-likeness (QED) is 0.457. The van der Waals surface area contributed by atoms with Gasteiger partial charge in [-0.25, -0.2) is 24.2 Å². The van der Waals surface area contributed by atoms with Crippen molar-refractivity contribution in [2.75, 3.05) is 6.54 Å². The van der Waals surface area contributed by atoms with Gasteiger partial charge in [-0.3, -0.25) is 9.88 Å². The smallest absolute Gasteiger partial charge is 0.475 e. The molecule has 0 radical (unpaired) electrons. The summed E-state index contributed by atoms with van der Waals surface area (Å²) < 4.78 is 67.8. The van der Waals surface area contributed by atoms with Gasteiger partial charge in [0.25, 0.3) is 0 Å². The van der Waals surface area contributed by atoms with Crippen LogP contribution in [-0.2, 0) is 35.8 Å². The number of rotatable bonds is 4. The summed E-state index contributed by atoms with van der Waals surface area (Å²) in [7, 11) is 0. The molecule has 0 fully saturated rings. The van der Waals surface area contributed by atoms with Gasteiger partial charge in [-0.2, -0.15) is 31.4 Å². The van der Waals surface area contributed by atoms with Crippen LogP contribution in [0.1, 0.15) is 23.0 Å². The highest BCUT2D eigenvalue weighted by molar-refractivity contribution is 5.73. The molecule has 0 aromatic carbocycles. The zero-order valence-electron chi connectivity index (χ0n) is 20.7. The molecule has 11 nitrogen and oxygen atoms in total. The zero-order valence-corrected chi connectivity index (χ0v) is 20.7. The van der Waals surface area contributed by atoms with E-state index in [0.717, 1.165) is 50.2 Å². The lowest BCUT2D eigenvalue weighted by molar-refractivity contribution is -0.193. The molecule has 0 aliphatic carbocycles. The number of aryl methyl sites for hydroxylation is 2. The maximum Gasteiger partial charge on any atom is 0.490 e. The van der Waals surface area contributed by atoms with Crippen LogP contribution in [0.15, 0.2) is 36.9 Å². The SMILES string of the molecule is Cc1nc(C)n(CC2CN(Cc3ccncc3)Cc3nccn3C2)n1.O=C(O)C(F)(F)F.O=C(O)C(F)(F)F. The number of nitrogens with zero attached hydrogens (tertiary/aromatic N) is 7. The number of alkyl halides is 6. The van der Waals surface area contributed by atoms with E-state index in [1.807, 2.05) is 37.1 Å². The molecular weight excluding hydrogens is 540 g/mol. The first kappa shape index (κ1) is 31.2. The summed E-state index contributed by atoms with van der Waals surface area (Å²) >= 11 is 0. The minimum Gasteiger partial charge on any atom is -0.475 e. The molecule has 3 aromatic heterocycles. The second kappa shape index (κ2) is 13.2. The fraction of sp³-hybridized carbons (Fsp3) is 0.455. The molecule has 0 amide bonds. The minimum atomic E-state index is -5.08. The summed E-state index contributed by atoms with van der Waals surface area (Å²) in [6.45, 7) is 8.57. The number of halogens is 6. The molecule has 1 unspecified atom stereocenters. The molecular formula is C22H25F6N7O4. The van der Waals surface area contributed by atoms with Crippen molar-refractivity contribution in [3.63, 3.8) is 0 Å². The van der Waals surface area contributed by atoms with Gasteiger partial charge >= 0.3 is 24.3 Å². The topological polar surface area (TPSA) is 139 Å². The molecule has 4 heterocycles. The maximum atomic E-state index is 10.6. The Kier molecular flexibility index (Phi) is 10.5. The molecule has 214 valence electrons. The molecule has 39 heavy (non-hydrogen) atoms. The average molecular weight is 565 g/mol. The molecule has 4 rings (SSSR count). The van der Waals surface area contributed by atoms with E-state index in [4.69, 9.17) is 19.8 Å². The predicted octanol–water partition coefficient (Wildman–Crippen LogP) is 3.09. The highest BCUT2D eigenvalue weighted by Crippen LogP contribution is 2.19. The van der Waals surface area contributed by atoms with E-state index >= 15 is 0 Å². The molecule has 3 aromatic rings. The third-order valence-corrected chi connectivity index (χ3v) is 5.17. The first-order valence-corrected chi connectivity index (χ1v) is 11.2. The predicted molar refractivity (Wildman–Crippen MR) is 121 cm³/mol. The van der Waals surface area contributed by atoms with Crippen LogP contribution in [0.2, 0.25) is 0 Å². The number of aliphatic carboxylic acids is 2. The second-order valence-electron chi connectivity index (χ2n) is 8.38. The molecule has 2 N–H and O–H groups in total. The Morgan fingerprint density at radius 2 is 1.54 bits per heavy atom. The number of aromatic nitrogens is 6. The van der Waals surface area contributed by atoms with Crippen LogP contribution in [0.4, 0.5) is 26.3 Å². The van der Waals surface area contributed by atoms with Crippen LogP contribution in [0.3, 0.4) is 0 Å². The van der Waals surface area contributed by atoms with Crippen molar-refractivity contribution in [1.29, 1.82) is 0 Å². The van der Waals surface area contributed by atoms with Crippen molar-refractivity contribution in [3.05, 3.63) is 60.0 Å². The number of imidazole rings is 1. The summed E-state index contributed by atoms with van der Waals surface area (Å²) in [5.41, 5.74) is 1.28. The minimum absolute atomic E-state index is 0.456. The van der Waals surface area contributed by atoms with Gasteiger partial charge in [0, 0.05) is 56.9 Å². The van der Waals surface area contributed by atoms with Crippen LogP contribution < -0.4 is 0 Å². The number of hydrogen-bond acceptors (Lipinski definition) is 7. The first-order valence-electron chi connectivity index (χ1n) is 11.2. The zero-order chi connectivity index (χ0) is 29.4. The van der Waals surface area contributed by atoms with Crippen LogP contribution in [0.5, 0.6) is 0 Å². The molecule has 1 aliphatic rings. The van der Waals surface area contributed by atoms with Crippen molar-refractivity contribution < 1.29 is 46.1 Å². The number of carbonyl (C=O) groups is 2. The summed E-state index contributed by atoms with van der Waals surface area (Å²) in [4.78, 5) is 33.3. The lowest BCUT2D eigenvalue weighted by Crippen LogP contribution is -2.30. The summed E-state index contributed by atoms with van der Waals surface area (Å²) in [6, 6.07) is 4.16. The van der Waals surface area contributed by atoms with Crippen LogP contribution in [-0.4, -0.2) is 75.2 Å². The Labute approximate surface area is 217 Å². The van der Waals surface area contributed by atoms with E-state index in [9.17, 15) is 26.3 Å².